The molecule has 84 valence electrons. The van der Waals surface area contributed by atoms with Crippen LogP contribution in [0.15, 0.2) is 4.52 Å². The van der Waals surface area contributed by atoms with Crippen molar-refractivity contribution >= 4 is 0 Å². The number of unbranched alkanes of at least 4 members (excludes halogenated alkanes) is 1. The molecule has 1 aromatic heterocycles. The highest BCUT2D eigenvalue weighted by molar-refractivity contribution is 5.08. The van der Waals surface area contributed by atoms with Gasteiger partial charge in [0, 0.05) is 5.92 Å². The van der Waals surface area contributed by atoms with E-state index in [4.69, 9.17) is 10.3 Å². The Balaban J connectivity index is 1.94. The summed E-state index contributed by atoms with van der Waals surface area (Å²) >= 11 is 0. The zero-order valence-electron chi connectivity index (χ0n) is 9.44. The summed E-state index contributed by atoms with van der Waals surface area (Å²) in [4.78, 5) is 4.37. The van der Waals surface area contributed by atoms with Crippen molar-refractivity contribution in [3.05, 3.63) is 11.7 Å². The molecule has 1 aromatic rings. The third-order valence-electron chi connectivity index (χ3n) is 3.08. The van der Waals surface area contributed by atoms with Crippen molar-refractivity contribution in [2.75, 3.05) is 0 Å². The first-order chi connectivity index (χ1) is 7.22. The second kappa shape index (κ2) is 4.31. The molecule has 1 aliphatic rings. The minimum absolute atomic E-state index is 0.0831. The van der Waals surface area contributed by atoms with Crippen molar-refractivity contribution < 1.29 is 4.52 Å². The van der Waals surface area contributed by atoms with E-state index >= 15 is 0 Å². The van der Waals surface area contributed by atoms with Crippen LogP contribution in [0.3, 0.4) is 0 Å². The maximum Gasteiger partial charge on any atom is 0.243 e. The van der Waals surface area contributed by atoms with Crippen LogP contribution in [0.4, 0.5) is 0 Å². The highest BCUT2D eigenvalue weighted by atomic mass is 16.5. The van der Waals surface area contributed by atoms with Gasteiger partial charge in [0.1, 0.15) is 0 Å². The molecule has 3 unspecified atom stereocenters. The van der Waals surface area contributed by atoms with Gasteiger partial charge in [0.05, 0.1) is 6.04 Å². The molecule has 1 fully saturated rings. The summed E-state index contributed by atoms with van der Waals surface area (Å²) in [5.74, 6) is 2.69. The Hall–Kier alpha value is -0.900. The Morgan fingerprint density at radius 2 is 2.33 bits per heavy atom. The molecule has 0 spiro atoms. The molecule has 0 aliphatic heterocycles. The Morgan fingerprint density at radius 1 is 1.60 bits per heavy atom. The number of rotatable bonds is 5. The van der Waals surface area contributed by atoms with Gasteiger partial charge < -0.3 is 10.3 Å². The topological polar surface area (TPSA) is 64.9 Å². The van der Waals surface area contributed by atoms with Gasteiger partial charge in [-0.25, -0.2) is 0 Å². The standard InChI is InChI=1S/C11H19N3O/c1-3-4-5-9(12)11-13-10(14-15-11)8-6-7(8)2/h7-9H,3-6,12H2,1-2H3. The Kier molecular flexibility index (Phi) is 3.05. The number of hydrogen-bond acceptors (Lipinski definition) is 4. The first kappa shape index (κ1) is 10.6. The van der Waals surface area contributed by atoms with Crippen LogP contribution in [-0.2, 0) is 0 Å². The molecule has 0 amide bonds. The van der Waals surface area contributed by atoms with Gasteiger partial charge in [0.25, 0.3) is 0 Å². The average molecular weight is 209 g/mol. The average Bonchev–Trinajstić information content (AvgIpc) is 2.80. The second-order valence-corrected chi connectivity index (χ2v) is 4.56. The van der Waals surface area contributed by atoms with E-state index in [0.29, 0.717) is 17.7 Å². The molecular formula is C11H19N3O. The molecule has 4 heteroatoms. The molecule has 2 N–H and O–H groups in total. The third-order valence-corrected chi connectivity index (χ3v) is 3.08. The molecule has 1 aliphatic carbocycles. The van der Waals surface area contributed by atoms with Gasteiger partial charge >= 0.3 is 0 Å². The van der Waals surface area contributed by atoms with E-state index < -0.39 is 0 Å². The number of nitrogens with two attached hydrogens (primary N) is 1. The van der Waals surface area contributed by atoms with E-state index in [1.165, 1.54) is 6.42 Å². The van der Waals surface area contributed by atoms with Crippen LogP contribution in [-0.4, -0.2) is 10.1 Å². The van der Waals surface area contributed by atoms with Crippen molar-refractivity contribution in [3.8, 4) is 0 Å². The van der Waals surface area contributed by atoms with Gasteiger partial charge in [-0.1, -0.05) is 31.8 Å². The van der Waals surface area contributed by atoms with Crippen molar-refractivity contribution in [2.45, 2.75) is 51.5 Å². The van der Waals surface area contributed by atoms with Gasteiger partial charge in [-0.15, -0.1) is 0 Å². The summed E-state index contributed by atoms with van der Waals surface area (Å²) in [6.07, 6.45) is 4.37. The summed E-state index contributed by atoms with van der Waals surface area (Å²) in [6.45, 7) is 4.36. The van der Waals surface area contributed by atoms with Crippen LogP contribution in [0.1, 0.15) is 63.2 Å². The van der Waals surface area contributed by atoms with Gasteiger partial charge in [-0.2, -0.15) is 4.98 Å². The Bertz CT molecular complexity index is 323. The van der Waals surface area contributed by atoms with Gasteiger partial charge in [-0.3, -0.25) is 0 Å². The number of hydrogen-bond donors (Lipinski definition) is 1. The summed E-state index contributed by atoms with van der Waals surface area (Å²) in [7, 11) is 0. The van der Waals surface area contributed by atoms with Crippen LogP contribution < -0.4 is 5.73 Å². The van der Waals surface area contributed by atoms with Gasteiger partial charge in [-0.05, 0) is 18.8 Å². The lowest BCUT2D eigenvalue weighted by molar-refractivity contribution is 0.342. The molecule has 0 bridgehead atoms. The van der Waals surface area contributed by atoms with E-state index in [-0.39, 0.29) is 6.04 Å². The maximum absolute atomic E-state index is 5.95. The highest BCUT2D eigenvalue weighted by Gasteiger charge is 2.38. The summed E-state index contributed by atoms with van der Waals surface area (Å²) in [6, 6.07) is -0.0831. The maximum atomic E-state index is 5.95. The lowest BCUT2D eigenvalue weighted by Gasteiger charge is -2.03. The minimum Gasteiger partial charge on any atom is -0.338 e. The molecule has 1 saturated carbocycles. The SMILES string of the molecule is CCCCC(N)c1nc(C2CC2C)no1. The van der Waals surface area contributed by atoms with E-state index in [1.54, 1.807) is 0 Å². The first-order valence-corrected chi connectivity index (χ1v) is 5.81. The predicted octanol–water partition coefficient (Wildman–Crippen LogP) is 2.38. The zero-order valence-corrected chi connectivity index (χ0v) is 9.44. The van der Waals surface area contributed by atoms with Gasteiger partial charge in [0.2, 0.25) is 5.89 Å². The van der Waals surface area contributed by atoms with E-state index in [0.717, 1.165) is 25.1 Å². The lowest BCUT2D eigenvalue weighted by atomic mass is 10.1. The predicted molar refractivity (Wildman–Crippen MR) is 57.3 cm³/mol. The van der Waals surface area contributed by atoms with Crippen LogP contribution in [0, 0.1) is 5.92 Å². The molecule has 4 nitrogen and oxygen atoms in total. The third kappa shape index (κ3) is 2.37. The molecule has 3 atom stereocenters. The molecule has 15 heavy (non-hydrogen) atoms. The Labute approximate surface area is 90.2 Å². The number of nitrogens with zero attached hydrogens (tertiary/aromatic N) is 2. The molecule has 0 saturated heterocycles. The minimum atomic E-state index is -0.0831. The fourth-order valence-corrected chi connectivity index (χ4v) is 1.78. The fraction of sp³-hybridized carbons (Fsp3) is 0.818. The van der Waals surface area contributed by atoms with E-state index in [1.807, 2.05) is 0 Å². The zero-order chi connectivity index (χ0) is 10.8. The van der Waals surface area contributed by atoms with Crippen molar-refractivity contribution in [3.63, 3.8) is 0 Å². The van der Waals surface area contributed by atoms with Crippen LogP contribution in [0.2, 0.25) is 0 Å². The monoisotopic (exact) mass is 209 g/mol. The smallest absolute Gasteiger partial charge is 0.243 e. The fourth-order valence-electron chi connectivity index (χ4n) is 1.78. The highest BCUT2D eigenvalue weighted by Crippen LogP contribution is 2.45. The molecular weight excluding hydrogens is 190 g/mol. The van der Waals surface area contributed by atoms with Crippen molar-refractivity contribution in [2.24, 2.45) is 11.7 Å². The van der Waals surface area contributed by atoms with E-state index in [2.05, 4.69) is 24.0 Å². The van der Waals surface area contributed by atoms with Crippen molar-refractivity contribution in [1.29, 1.82) is 0 Å². The lowest BCUT2D eigenvalue weighted by Crippen LogP contribution is -2.10. The molecule has 0 radical (unpaired) electrons. The molecule has 1 heterocycles. The summed E-state index contributed by atoms with van der Waals surface area (Å²) < 4.78 is 5.19. The van der Waals surface area contributed by atoms with E-state index in [9.17, 15) is 0 Å². The summed E-state index contributed by atoms with van der Waals surface area (Å²) in [5.41, 5.74) is 5.95. The second-order valence-electron chi connectivity index (χ2n) is 4.56. The van der Waals surface area contributed by atoms with Crippen molar-refractivity contribution in [1.82, 2.24) is 10.1 Å². The van der Waals surface area contributed by atoms with Crippen LogP contribution >= 0.6 is 0 Å². The molecule has 2 rings (SSSR count). The quantitative estimate of drug-likeness (QED) is 0.808. The van der Waals surface area contributed by atoms with Gasteiger partial charge in [0.15, 0.2) is 5.82 Å². The van der Waals surface area contributed by atoms with Crippen LogP contribution in [0.5, 0.6) is 0 Å². The van der Waals surface area contributed by atoms with Crippen LogP contribution in [0.25, 0.3) is 0 Å². The summed E-state index contributed by atoms with van der Waals surface area (Å²) in [5, 5.41) is 3.99. The first-order valence-electron chi connectivity index (χ1n) is 5.81. The number of aromatic nitrogens is 2. The normalized spacial score (nSPS) is 26.6. The Morgan fingerprint density at radius 3 is 2.93 bits per heavy atom. The largest absolute Gasteiger partial charge is 0.338 e. The molecule has 0 aromatic carbocycles.